The number of aromatic nitrogens is 2. The highest BCUT2D eigenvalue weighted by Crippen LogP contribution is 2.30. The maximum absolute atomic E-state index is 12.0. The van der Waals surface area contributed by atoms with Crippen LogP contribution in [0.2, 0.25) is 0 Å². The minimum absolute atomic E-state index is 0.0259. The van der Waals surface area contributed by atoms with Gasteiger partial charge in [0.25, 0.3) is 0 Å². The largest absolute Gasteiger partial charge is 0.348 e. The van der Waals surface area contributed by atoms with E-state index in [0.29, 0.717) is 5.82 Å². The second-order valence-corrected chi connectivity index (χ2v) is 5.60. The first-order chi connectivity index (χ1) is 11.1. The van der Waals surface area contributed by atoms with Crippen molar-refractivity contribution in [3.8, 4) is 22.5 Å². The Morgan fingerprint density at radius 1 is 0.957 bits per heavy atom. The van der Waals surface area contributed by atoms with E-state index in [1.54, 1.807) is 19.0 Å². The predicted octanol–water partition coefficient (Wildman–Crippen LogP) is 3.37. The predicted molar refractivity (Wildman–Crippen MR) is 91.9 cm³/mol. The molecular formula is C19H19N3O. The average Bonchev–Trinajstić information content (AvgIpc) is 3.00. The summed E-state index contributed by atoms with van der Waals surface area (Å²) in [6.07, 6.45) is 0.264. The van der Waals surface area contributed by atoms with Crippen molar-refractivity contribution in [2.75, 3.05) is 14.1 Å². The fourth-order valence-corrected chi connectivity index (χ4v) is 2.43. The van der Waals surface area contributed by atoms with Crippen LogP contribution in [0, 0.1) is 0 Å². The molecule has 3 rings (SSSR count). The van der Waals surface area contributed by atoms with Gasteiger partial charge in [-0.3, -0.25) is 4.79 Å². The molecule has 0 atom stereocenters. The van der Waals surface area contributed by atoms with Gasteiger partial charge in [0, 0.05) is 25.2 Å². The van der Waals surface area contributed by atoms with E-state index in [1.807, 2.05) is 60.7 Å². The van der Waals surface area contributed by atoms with Gasteiger partial charge in [-0.05, 0) is 0 Å². The van der Waals surface area contributed by atoms with E-state index in [2.05, 4.69) is 9.97 Å². The van der Waals surface area contributed by atoms with Crippen LogP contribution in [0.1, 0.15) is 5.82 Å². The van der Waals surface area contributed by atoms with Crippen molar-refractivity contribution in [1.29, 1.82) is 0 Å². The van der Waals surface area contributed by atoms with Crippen LogP contribution in [0.4, 0.5) is 0 Å². The number of H-pyrrole nitrogens is 1. The van der Waals surface area contributed by atoms with Crippen molar-refractivity contribution in [2.24, 2.45) is 0 Å². The molecule has 0 fully saturated rings. The number of carbonyl (C=O) groups is 1. The fraction of sp³-hybridized carbons (Fsp3) is 0.158. The Morgan fingerprint density at radius 3 is 2.09 bits per heavy atom. The molecule has 1 aromatic heterocycles. The molecule has 116 valence electrons. The monoisotopic (exact) mass is 305 g/mol. The third-order valence-corrected chi connectivity index (χ3v) is 3.68. The molecule has 0 unspecified atom stereocenters. The molecule has 2 aromatic carbocycles. The molecule has 1 amide bonds. The van der Waals surface area contributed by atoms with E-state index in [4.69, 9.17) is 0 Å². The molecule has 0 radical (unpaired) electrons. The van der Waals surface area contributed by atoms with E-state index in [9.17, 15) is 4.79 Å². The van der Waals surface area contributed by atoms with Crippen LogP contribution in [-0.2, 0) is 11.2 Å². The minimum atomic E-state index is 0.0259. The van der Waals surface area contributed by atoms with Crippen LogP contribution in [-0.4, -0.2) is 34.9 Å². The van der Waals surface area contributed by atoms with Gasteiger partial charge >= 0.3 is 0 Å². The summed E-state index contributed by atoms with van der Waals surface area (Å²) < 4.78 is 0. The number of imidazole rings is 1. The molecule has 0 saturated carbocycles. The van der Waals surface area contributed by atoms with Crippen molar-refractivity contribution < 1.29 is 4.79 Å². The summed E-state index contributed by atoms with van der Waals surface area (Å²) in [5, 5.41) is 0. The Bertz CT molecular complexity index is 735. The van der Waals surface area contributed by atoms with Gasteiger partial charge in [-0.15, -0.1) is 0 Å². The zero-order valence-electron chi connectivity index (χ0n) is 13.3. The molecule has 1 N–H and O–H groups in total. The van der Waals surface area contributed by atoms with Gasteiger partial charge in [-0.1, -0.05) is 60.7 Å². The van der Waals surface area contributed by atoms with Crippen LogP contribution in [0.3, 0.4) is 0 Å². The lowest BCUT2D eigenvalue weighted by Gasteiger charge is -2.07. The summed E-state index contributed by atoms with van der Waals surface area (Å²) >= 11 is 0. The molecule has 0 bridgehead atoms. The minimum Gasteiger partial charge on any atom is -0.348 e. The Labute approximate surface area is 135 Å². The highest BCUT2D eigenvalue weighted by Gasteiger charge is 2.16. The number of nitrogens with one attached hydrogen (secondary N) is 1. The van der Waals surface area contributed by atoms with Gasteiger partial charge in [-0.2, -0.15) is 0 Å². The first-order valence-corrected chi connectivity index (χ1v) is 7.55. The quantitative estimate of drug-likeness (QED) is 0.803. The summed E-state index contributed by atoms with van der Waals surface area (Å²) in [7, 11) is 3.50. The second-order valence-electron chi connectivity index (χ2n) is 5.60. The van der Waals surface area contributed by atoms with Crippen LogP contribution in [0.25, 0.3) is 22.5 Å². The van der Waals surface area contributed by atoms with Crippen molar-refractivity contribution >= 4 is 5.91 Å². The zero-order valence-corrected chi connectivity index (χ0v) is 13.3. The molecule has 4 heteroatoms. The molecule has 4 nitrogen and oxygen atoms in total. The summed E-state index contributed by atoms with van der Waals surface area (Å²) in [5.41, 5.74) is 3.91. The number of carbonyl (C=O) groups excluding carboxylic acids is 1. The smallest absolute Gasteiger partial charge is 0.229 e. The Hall–Kier alpha value is -2.88. The molecular weight excluding hydrogens is 286 g/mol. The van der Waals surface area contributed by atoms with Gasteiger partial charge in [0.15, 0.2) is 0 Å². The van der Waals surface area contributed by atoms with E-state index >= 15 is 0 Å². The molecule has 23 heavy (non-hydrogen) atoms. The molecule has 0 saturated heterocycles. The van der Waals surface area contributed by atoms with Crippen molar-refractivity contribution in [1.82, 2.24) is 14.9 Å². The number of rotatable bonds is 4. The third kappa shape index (κ3) is 3.31. The lowest BCUT2D eigenvalue weighted by molar-refractivity contribution is -0.128. The summed E-state index contributed by atoms with van der Waals surface area (Å²) in [6.45, 7) is 0. The maximum Gasteiger partial charge on any atom is 0.229 e. The number of likely N-dealkylation sites (N-methyl/N-ethyl adjacent to an activating group) is 1. The van der Waals surface area contributed by atoms with Gasteiger partial charge in [-0.25, -0.2) is 4.98 Å². The summed E-state index contributed by atoms with van der Waals surface area (Å²) in [4.78, 5) is 21.5. The fourth-order valence-electron chi connectivity index (χ4n) is 2.43. The molecule has 0 aliphatic heterocycles. The van der Waals surface area contributed by atoms with E-state index in [-0.39, 0.29) is 12.3 Å². The normalized spacial score (nSPS) is 10.5. The van der Waals surface area contributed by atoms with Crippen molar-refractivity contribution in [3.63, 3.8) is 0 Å². The van der Waals surface area contributed by atoms with Crippen molar-refractivity contribution in [3.05, 3.63) is 66.5 Å². The van der Waals surface area contributed by atoms with E-state index < -0.39 is 0 Å². The number of hydrogen-bond acceptors (Lipinski definition) is 2. The van der Waals surface area contributed by atoms with Crippen LogP contribution in [0.5, 0.6) is 0 Å². The Kier molecular flexibility index (Phi) is 4.24. The summed E-state index contributed by atoms with van der Waals surface area (Å²) in [6, 6.07) is 20.1. The lowest BCUT2D eigenvalue weighted by atomic mass is 10.1. The van der Waals surface area contributed by atoms with Gasteiger partial charge in [0.2, 0.25) is 5.91 Å². The number of benzene rings is 2. The molecule has 3 aromatic rings. The lowest BCUT2D eigenvalue weighted by Crippen LogP contribution is -2.23. The highest BCUT2D eigenvalue weighted by molar-refractivity contribution is 5.81. The first kappa shape index (κ1) is 15.0. The summed E-state index contributed by atoms with van der Waals surface area (Å²) in [5.74, 6) is 0.708. The van der Waals surface area contributed by atoms with E-state index in [0.717, 1.165) is 22.5 Å². The molecule has 1 heterocycles. The van der Waals surface area contributed by atoms with E-state index in [1.165, 1.54) is 0 Å². The molecule has 0 aliphatic rings. The topological polar surface area (TPSA) is 49.0 Å². The molecule has 0 aliphatic carbocycles. The zero-order chi connectivity index (χ0) is 16.2. The number of aromatic amines is 1. The third-order valence-electron chi connectivity index (χ3n) is 3.68. The highest BCUT2D eigenvalue weighted by atomic mass is 16.2. The maximum atomic E-state index is 12.0. The standard InChI is InChI=1S/C19H19N3O/c1-22(2)17(23)13-16-20-18(14-9-5-3-6-10-14)19(21-16)15-11-7-4-8-12-15/h3-12H,13H2,1-2H3,(H,20,21). The Balaban J connectivity index is 2.06. The molecule has 0 spiro atoms. The SMILES string of the molecule is CN(C)C(=O)Cc1nc(-c2ccccc2)c(-c2ccccc2)[nH]1. The average molecular weight is 305 g/mol. The number of hydrogen-bond donors (Lipinski definition) is 1. The van der Waals surface area contributed by atoms with Crippen LogP contribution in [0.15, 0.2) is 60.7 Å². The first-order valence-electron chi connectivity index (χ1n) is 7.55. The Morgan fingerprint density at radius 2 is 1.52 bits per heavy atom. The van der Waals surface area contributed by atoms with Gasteiger partial charge in [0.05, 0.1) is 17.8 Å². The van der Waals surface area contributed by atoms with Gasteiger partial charge in [0.1, 0.15) is 5.82 Å². The number of nitrogens with zero attached hydrogens (tertiary/aromatic N) is 2. The van der Waals surface area contributed by atoms with Crippen LogP contribution >= 0.6 is 0 Å². The van der Waals surface area contributed by atoms with Crippen LogP contribution < -0.4 is 0 Å². The van der Waals surface area contributed by atoms with Crippen molar-refractivity contribution in [2.45, 2.75) is 6.42 Å². The number of amides is 1. The van der Waals surface area contributed by atoms with Gasteiger partial charge < -0.3 is 9.88 Å². The second kappa shape index (κ2) is 6.48.